The summed E-state index contributed by atoms with van der Waals surface area (Å²) in [6.07, 6.45) is 8.72. The van der Waals surface area contributed by atoms with Gasteiger partial charge in [-0.3, -0.25) is 0 Å². The largest absolute Gasteiger partial charge is 0.314 e. The summed E-state index contributed by atoms with van der Waals surface area (Å²) < 4.78 is 0. The van der Waals surface area contributed by atoms with Crippen LogP contribution in [0.15, 0.2) is 0 Å². The molecule has 2 unspecified atom stereocenters. The van der Waals surface area contributed by atoms with E-state index in [-0.39, 0.29) is 0 Å². The summed E-state index contributed by atoms with van der Waals surface area (Å²) in [6.45, 7) is 5.89. The molecule has 2 aliphatic carbocycles. The van der Waals surface area contributed by atoms with Crippen molar-refractivity contribution in [3.8, 4) is 0 Å². The molecular formula is C13H25N. The summed E-state index contributed by atoms with van der Waals surface area (Å²) in [4.78, 5) is 0. The lowest BCUT2D eigenvalue weighted by Gasteiger charge is -2.24. The van der Waals surface area contributed by atoms with E-state index in [9.17, 15) is 0 Å². The Morgan fingerprint density at radius 3 is 2.43 bits per heavy atom. The van der Waals surface area contributed by atoms with E-state index in [0.29, 0.717) is 0 Å². The highest BCUT2D eigenvalue weighted by Gasteiger charge is 2.38. The Morgan fingerprint density at radius 1 is 1.14 bits per heavy atom. The third-order valence-corrected chi connectivity index (χ3v) is 4.54. The average Bonchev–Trinajstić information content (AvgIpc) is 2.80. The first-order valence-corrected chi connectivity index (χ1v) is 6.56. The molecule has 0 aliphatic heterocycles. The third-order valence-electron chi connectivity index (χ3n) is 4.54. The van der Waals surface area contributed by atoms with Crippen LogP contribution in [0, 0.1) is 17.8 Å². The number of hydrogen-bond donors (Lipinski definition) is 1. The molecule has 2 saturated carbocycles. The molecule has 0 radical (unpaired) electrons. The standard InChI is InChI=1S/C13H25N/c1-3-13(4-2)14-9-12-8-10-5-6-11(12)7-10/h10-14H,3-9H2,1-2H3/t10?,11-,12?/m0/s1. The summed E-state index contributed by atoms with van der Waals surface area (Å²) in [6, 6.07) is 0.772. The molecule has 2 aliphatic rings. The Labute approximate surface area is 88.7 Å². The van der Waals surface area contributed by atoms with Crippen LogP contribution >= 0.6 is 0 Å². The van der Waals surface area contributed by atoms with Gasteiger partial charge in [-0.2, -0.15) is 0 Å². The van der Waals surface area contributed by atoms with E-state index in [1.807, 2.05) is 0 Å². The van der Waals surface area contributed by atoms with Crippen LogP contribution in [-0.4, -0.2) is 12.6 Å². The van der Waals surface area contributed by atoms with Crippen LogP contribution in [0.2, 0.25) is 0 Å². The predicted molar refractivity (Wildman–Crippen MR) is 61.3 cm³/mol. The van der Waals surface area contributed by atoms with E-state index in [1.54, 1.807) is 6.42 Å². The monoisotopic (exact) mass is 195 g/mol. The van der Waals surface area contributed by atoms with E-state index in [4.69, 9.17) is 0 Å². The second-order valence-corrected chi connectivity index (χ2v) is 5.36. The topological polar surface area (TPSA) is 12.0 Å². The van der Waals surface area contributed by atoms with Crippen LogP contribution in [0.5, 0.6) is 0 Å². The SMILES string of the molecule is CCC(CC)NCC1CC2CC[C@H]1C2. The van der Waals surface area contributed by atoms with E-state index in [0.717, 1.165) is 23.8 Å². The second-order valence-electron chi connectivity index (χ2n) is 5.36. The third kappa shape index (κ3) is 2.13. The minimum atomic E-state index is 0.772. The van der Waals surface area contributed by atoms with Gasteiger partial charge in [0.25, 0.3) is 0 Å². The Balaban J connectivity index is 1.71. The van der Waals surface area contributed by atoms with E-state index in [2.05, 4.69) is 19.2 Å². The minimum absolute atomic E-state index is 0.772. The van der Waals surface area contributed by atoms with Crippen molar-refractivity contribution < 1.29 is 0 Å². The highest BCUT2D eigenvalue weighted by Crippen LogP contribution is 2.47. The van der Waals surface area contributed by atoms with Crippen molar-refractivity contribution in [2.45, 2.75) is 58.4 Å². The minimum Gasteiger partial charge on any atom is -0.314 e. The van der Waals surface area contributed by atoms with Crippen LogP contribution in [0.4, 0.5) is 0 Å². The van der Waals surface area contributed by atoms with Crippen LogP contribution in [-0.2, 0) is 0 Å². The number of hydrogen-bond acceptors (Lipinski definition) is 1. The molecule has 1 nitrogen and oxygen atoms in total. The Bertz CT molecular complexity index is 174. The zero-order valence-electron chi connectivity index (χ0n) is 9.76. The fourth-order valence-electron chi connectivity index (χ4n) is 3.52. The van der Waals surface area contributed by atoms with Crippen LogP contribution < -0.4 is 5.32 Å². The number of nitrogens with one attached hydrogen (secondary N) is 1. The highest BCUT2D eigenvalue weighted by atomic mass is 14.9. The molecule has 2 rings (SSSR count). The molecular weight excluding hydrogens is 170 g/mol. The van der Waals surface area contributed by atoms with Gasteiger partial charge in [0.05, 0.1) is 0 Å². The van der Waals surface area contributed by atoms with Crippen molar-refractivity contribution in [2.24, 2.45) is 17.8 Å². The van der Waals surface area contributed by atoms with Crippen molar-refractivity contribution in [3.63, 3.8) is 0 Å². The van der Waals surface area contributed by atoms with Gasteiger partial charge in [-0.15, -0.1) is 0 Å². The maximum atomic E-state index is 3.75. The number of fused-ring (bicyclic) bond motifs is 2. The van der Waals surface area contributed by atoms with Crippen LogP contribution in [0.1, 0.15) is 52.4 Å². The Morgan fingerprint density at radius 2 is 1.93 bits per heavy atom. The molecule has 0 heterocycles. The molecule has 0 saturated heterocycles. The highest BCUT2D eigenvalue weighted by molar-refractivity contribution is 4.91. The smallest absolute Gasteiger partial charge is 0.00619 e. The van der Waals surface area contributed by atoms with E-state index >= 15 is 0 Å². The van der Waals surface area contributed by atoms with Gasteiger partial charge in [-0.1, -0.05) is 20.3 Å². The zero-order chi connectivity index (χ0) is 9.97. The first-order chi connectivity index (χ1) is 6.83. The van der Waals surface area contributed by atoms with Gasteiger partial charge in [-0.05, 0) is 56.4 Å². The number of rotatable bonds is 5. The predicted octanol–water partition coefficient (Wildman–Crippen LogP) is 3.20. The molecule has 1 heteroatoms. The first kappa shape index (κ1) is 10.5. The lowest BCUT2D eigenvalue weighted by molar-refractivity contribution is 0.302. The molecule has 0 amide bonds. The van der Waals surface area contributed by atoms with Crippen molar-refractivity contribution >= 4 is 0 Å². The molecule has 82 valence electrons. The fraction of sp³-hybridized carbons (Fsp3) is 1.00. The molecule has 0 spiro atoms. The lowest BCUT2D eigenvalue weighted by atomic mass is 9.88. The van der Waals surface area contributed by atoms with Gasteiger partial charge in [0.1, 0.15) is 0 Å². The van der Waals surface area contributed by atoms with Gasteiger partial charge < -0.3 is 5.32 Å². The van der Waals surface area contributed by atoms with Crippen LogP contribution in [0.3, 0.4) is 0 Å². The van der Waals surface area contributed by atoms with Gasteiger partial charge in [0.2, 0.25) is 0 Å². The average molecular weight is 195 g/mol. The quantitative estimate of drug-likeness (QED) is 0.710. The van der Waals surface area contributed by atoms with Crippen molar-refractivity contribution in [1.29, 1.82) is 0 Å². The summed E-state index contributed by atoms with van der Waals surface area (Å²) in [5.74, 6) is 3.21. The molecule has 2 fully saturated rings. The fourth-order valence-corrected chi connectivity index (χ4v) is 3.52. The maximum absolute atomic E-state index is 3.75. The van der Waals surface area contributed by atoms with Gasteiger partial charge in [0.15, 0.2) is 0 Å². The summed E-state index contributed by atoms with van der Waals surface area (Å²) in [7, 11) is 0. The van der Waals surface area contributed by atoms with Crippen molar-refractivity contribution in [1.82, 2.24) is 5.32 Å². The lowest BCUT2D eigenvalue weighted by Crippen LogP contribution is -2.34. The molecule has 3 atom stereocenters. The molecule has 0 aromatic heterocycles. The van der Waals surface area contributed by atoms with Crippen molar-refractivity contribution in [2.75, 3.05) is 6.54 Å². The first-order valence-electron chi connectivity index (χ1n) is 6.56. The normalized spacial score (nSPS) is 35.8. The summed E-state index contributed by atoms with van der Waals surface area (Å²) >= 11 is 0. The van der Waals surface area contributed by atoms with Gasteiger partial charge >= 0.3 is 0 Å². The van der Waals surface area contributed by atoms with Gasteiger partial charge in [0, 0.05) is 6.04 Å². The molecule has 0 aromatic carbocycles. The zero-order valence-corrected chi connectivity index (χ0v) is 9.76. The Hall–Kier alpha value is -0.0400. The van der Waals surface area contributed by atoms with E-state index in [1.165, 1.54) is 38.6 Å². The summed E-state index contributed by atoms with van der Waals surface area (Å²) in [5, 5.41) is 3.75. The van der Waals surface area contributed by atoms with E-state index < -0.39 is 0 Å². The maximum Gasteiger partial charge on any atom is 0.00619 e. The molecule has 2 bridgehead atoms. The van der Waals surface area contributed by atoms with Crippen molar-refractivity contribution in [3.05, 3.63) is 0 Å². The van der Waals surface area contributed by atoms with Gasteiger partial charge in [-0.25, -0.2) is 0 Å². The second kappa shape index (κ2) is 4.65. The molecule has 0 aromatic rings. The summed E-state index contributed by atoms with van der Waals surface area (Å²) in [5.41, 5.74) is 0. The Kier molecular flexibility index (Phi) is 3.48. The van der Waals surface area contributed by atoms with Crippen LogP contribution in [0.25, 0.3) is 0 Å². The molecule has 14 heavy (non-hydrogen) atoms. The molecule has 1 N–H and O–H groups in total.